The highest BCUT2D eigenvalue weighted by molar-refractivity contribution is 5.85. The van der Waals surface area contributed by atoms with Crippen LogP contribution in [0.3, 0.4) is 0 Å². The van der Waals surface area contributed by atoms with E-state index in [-0.39, 0.29) is 18.3 Å². The van der Waals surface area contributed by atoms with E-state index in [1.165, 1.54) is 11.1 Å². The van der Waals surface area contributed by atoms with Gasteiger partial charge in [0.2, 0.25) is 5.91 Å². The molecule has 0 spiro atoms. The fraction of sp³-hybridized carbons (Fsp3) is 0.591. The molecule has 7 nitrogen and oxygen atoms in total. The Morgan fingerprint density at radius 1 is 1.17 bits per heavy atom. The number of hydrogen-bond acceptors (Lipinski definition) is 5. The lowest BCUT2D eigenvalue weighted by atomic mass is 9.95. The number of aromatic nitrogens is 3. The molecule has 2 aliphatic heterocycles. The van der Waals surface area contributed by atoms with Gasteiger partial charge in [0.15, 0.2) is 0 Å². The second-order valence-electron chi connectivity index (χ2n) is 8.26. The van der Waals surface area contributed by atoms with Crippen LogP contribution in [0.15, 0.2) is 12.1 Å². The highest BCUT2D eigenvalue weighted by Crippen LogP contribution is 2.28. The van der Waals surface area contributed by atoms with Gasteiger partial charge in [-0.15, -0.1) is 22.6 Å². The maximum atomic E-state index is 12.6. The topological polar surface area (TPSA) is 72.3 Å². The summed E-state index contributed by atoms with van der Waals surface area (Å²) in [5.41, 5.74) is 3.55. The van der Waals surface area contributed by atoms with Gasteiger partial charge in [-0.2, -0.15) is 0 Å². The van der Waals surface area contributed by atoms with Crippen LogP contribution in [0.5, 0.6) is 5.75 Å². The van der Waals surface area contributed by atoms with Gasteiger partial charge >= 0.3 is 0 Å². The summed E-state index contributed by atoms with van der Waals surface area (Å²) >= 11 is 0. The van der Waals surface area contributed by atoms with E-state index in [0.29, 0.717) is 18.9 Å². The Kier molecular flexibility index (Phi) is 7.36. The molecule has 0 radical (unpaired) electrons. The number of carbonyl (C=O) groups is 1. The third kappa shape index (κ3) is 4.78. The maximum Gasteiger partial charge on any atom is 0.225 e. The first-order valence-electron chi connectivity index (χ1n) is 10.6. The SMILES string of the molecule is Cc1cc(C)c(C)c(OCCC(=O)N2CCC(c3nnc4n3CCNC4)CC2)c1.Cl. The fourth-order valence-corrected chi connectivity index (χ4v) is 4.36. The molecule has 3 heterocycles. The summed E-state index contributed by atoms with van der Waals surface area (Å²) in [6.45, 7) is 10.9. The average Bonchev–Trinajstić information content (AvgIpc) is 3.15. The van der Waals surface area contributed by atoms with Crippen LogP contribution in [0.2, 0.25) is 0 Å². The number of piperidine rings is 1. The van der Waals surface area contributed by atoms with Crippen molar-refractivity contribution in [3.63, 3.8) is 0 Å². The minimum Gasteiger partial charge on any atom is -0.493 e. The molecular weight excluding hydrogens is 402 g/mol. The molecule has 2 aliphatic rings. The highest BCUT2D eigenvalue weighted by Gasteiger charge is 2.28. The number of rotatable bonds is 5. The van der Waals surface area contributed by atoms with Gasteiger partial charge in [-0.25, -0.2) is 0 Å². The van der Waals surface area contributed by atoms with E-state index in [1.54, 1.807) is 0 Å². The number of nitrogens with zero attached hydrogens (tertiary/aromatic N) is 4. The van der Waals surface area contributed by atoms with Crippen LogP contribution < -0.4 is 10.1 Å². The molecule has 0 saturated carbocycles. The van der Waals surface area contributed by atoms with Crippen LogP contribution in [-0.4, -0.2) is 51.8 Å². The van der Waals surface area contributed by atoms with E-state index in [2.05, 4.69) is 46.9 Å². The number of hydrogen-bond donors (Lipinski definition) is 1. The lowest BCUT2D eigenvalue weighted by Gasteiger charge is -2.32. The van der Waals surface area contributed by atoms with Crippen molar-refractivity contribution >= 4 is 18.3 Å². The minimum atomic E-state index is 0. The number of likely N-dealkylation sites (tertiary alicyclic amines) is 1. The Morgan fingerprint density at radius 2 is 1.93 bits per heavy atom. The summed E-state index contributed by atoms with van der Waals surface area (Å²) in [5, 5.41) is 12.1. The molecule has 0 atom stereocenters. The first-order valence-corrected chi connectivity index (χ1v) is 10.6. The third-order valence-electron chi connectivity index (χ3n) is 6.20. The van der Waals surface area contributed by atoms with Crippen LogP contribution in [0.1, 0.15) is 53.5 Å². The number of amides is 1. The van der Waals surface area contributed by atoms with E-state index in [1.807, 2.05) is 11.0 Å². The molecule has 0 bridgehead atoms. The monoisotopic (exact) mass is 433 g/mol. The van der Waals surface area contributed by atoms with Crippen LogP contribution in [0, 0.1) is 20.8 Å². The molecule has 1 saturated heterocycles. The second-order valence-corrected chi connectivity index (χ2v) is 8.26. The van der Waals surface area contributed by atoms with Crippen LogP contribution in [0.4, 0.5) is 0 Å². The third-order valence-corrected chi connectivity index (χ3v) is 6.20. The van der Waals surface area contributed by atoms with Crippen LogP contribution in [0.25, 0.3) is 0 Å². The molecule has 1 aromatic heterocycles. The highest BCUT2D eigenvalue weighted by atomic mass is 35.5. The van der Waals surface area contributed by atoms with E-state index in [0.717, 1.165) is 68.5 Å². The number of carbonyl (C=O) groups excluding carboxylic acids is 1. The van der Waals surface area contributed by atoms with Crippen LogP contribution in [-0.2, 0) is 17.9 Å². The van der Waals surface area contributed by atoms with Crippen molar-refractivity contribution in [2.75, 3.05) is 26.2 Å². The zero-order valence-electron chi connectivity index (χ0n) is 18.1. The van der Waals surface area contributed by atoms with E-state index in [4.69, 9.17) is 4.74 Å². The van der Waals surface area contributed by atoms with Crippen molar-refractivity contribution in [2.45, 2.75) is 59.0 Å². The molecule has 0 unspecified atom stereocenters. The zero-order chi connectivity index (χ0) is 20.4. The number of ether oxygens (including phenoxy) is 1. The Labute approximate surface area is 184 Å². The molecule has 1 N–H and O–H groups in total. The smallest absolute Gasteiger partial charge is 0.225 e. The molecule has 0 aliphatic carbocycles. The first-order chi connectivity index (χ1) is 14.0. The average molecular weight is 434 g/mol. The van der Waals surface area contributed by atoms with Gasteiger partial charge in [0.1, 0.15) is 17.4 Å². The van der Waals surface area contributed by atoms with Gasteiger partial charge in [-0.05, 0) is 56.4 Å². The Morgan fingerprint density at radius 3 is 2.70 bits per heavy atom. The number of benzene rings is 1. The number of fused-ring (bicyclic) bond motifs is 1. The Bertz CT molecular complexity index is 890. The van der Waals surface area contributed by atoms with Crippen molar-refractivity contribution in [1.29, 1.82) is 0 Å². The number of nitrogens with one attached hydrogen (secondary N) is 1. The largest absolute Gasteiger partial charge is 0.493 e. The first kappa shape index (κ1) is 22.6. The molecule has 1 aromatic carbocycles. The normalized spacial score (nSPS) is 16.7. The van der Waals surface area contributed by atoms with Gasteiger partial charge in [0, 0.05) is 32.1 Å². The quantitative estimate of drug-likeness (QED) is 0.784. The minimum absolute atomic E-state index is 0. The lowest BCUT2D eigenvalue weighted by molar-refractivity contribution is -0.132. The van der Waals surface area contributed by atoms with Gasteiger partial charge in [0.05, 0.1) is 19.6 Å². The van der Waals surface area contributed by atoms with E-state index >= 15 is 0 Å². The molecule has 1 amide bonds. The molecule has 30 heavy (non-hydrogen) atoms. The van der Waals surface area contributed by atoms with Gasteiger partial charge in [-0.3, -0.25) is 4.79 Å². The molecular formula is C22H32ClN5O2. The predicted octanol–water partition coefficient (Wildman–Crippen LogP) is 2.90. The van der Waals surface area contributed by atoms with Crippen molar-refractivity contribution in [2.24, 2.45) is 0 Å². The Balaban J connectivity index is 0.00000256. The van der Waals surface area contributed by atoms with Gasteiger partial charge in [0.25, 0.3) is 0 Å². The molecule has 164 valence electrons. The van der Waals surface area contributed by atoms with E-state index < -0.39 is 0 Å². The van der Waals surface area contributed by atoms with Crippen molar-refractivity contribution < 1.29 is 9.53 Å². The summed E-state index contributed by atoms with van der Waals surface area (Å²) in [5.74, 6) is 3.59. The van der Waals surface area contributed by atoms with E-state index in [9.17, 15) is 4.79 Å². The second kappa shape index (κ2) is 9.79. The van der Waals surface area contributed by atoms with Gasteiger partial charge < -0.3 is 19.5 Å². The molecule has 8 heteroatoms. The number of aryl methyl sites for hydroxylation is 2. The summed E-state index contributed by atoms with van der Waals surface area (Å²) in [4.78, 5) is 14.6. The summed E-state index contributed by atoms with van der Waals surface area (Å²) < 4.78 is 8.19. The summed E-state index contributed by atoms with van der Waals surface area (Å²) in [7, 11) is 0. The fourth-order valence-electron chi connectivity index (χ4n) is 4.36. The van der Waals surface area contributed by atoms with Gasteiger partial charge in [-0.1, -0.05) is 6.07 Å². The maximum absolute atomic E-state index is 12.6. The molecule has 1 fully saturated rings. The predicted molar refractivity (Wildman–Crippen MR) is 118 cm³/mol. The molecule has 2 aromatic rings. The molecule has 4 rings (SSSR count). The van der Waals surface area contributed by atoms with Crippen molar-refractivity contribution in [3.8, 4) is 5.75 Å². The summed E-state index contributed by atoms with van der Waals surface area (Å²) in [6, 6.07) is 4.20. The standard InChI is InChI=1S/C22H31N5O2.ClH/c1-15-12-16(2)17(3)19(13-15)29-11-6-21(28)26-8-4-18(5-9-26)22-25-24-20-14-23-7-10-27(20)22;/h12-13,18,23H,4-11,14H2,1-3H3;1H. The lowest BCUT2D eigenvalue weighted by Crippen LogP contribution is -2.39. The zero-order valence-corrected chi connectivity index (χ0v) is 18.9. The van der Waals surface area contributed by atoms with Crippen molar-refractivity contribution in [3.05, 3.63) is 40.5 Å². The number of halogens is 1. The van der Waals surface area contributed by atoms with Crippen LogP contribution >= 0.6 is 12.4 Å². The van der Waals surface area contributed by atoms with Crippen molar-refractivity contribution in [1.82, 2.24) is 25.0 Å². The Hall–Kier alpha value is -2.12. The summed E-state index contributed by atoms with van der Waals surface area (Å²) in [6.07, 6.45) is 2.33.